The molecule has 0 bridgehead atoms. The lowest BCUT2D eigenvalue weighted by Crippen LogP contribution is -2.24. The van der Waals surface area contributed by atoms with Crippen LogP contribution in [0.4, 0.5) is 13.2 Å². The summed E-state index contributed by atoms with van der Waals surface area (Å²) in [6.07, 6.45) is -1.30. The van der Waals surface area contributed by atoms with Gasteiger partial charge in [0.15, 0.2) is 15.6 Å². The minimum absolute atomic E-state index is 0.0103. The van der Waals surface area contributed by atoms with Crippen molar-refractivity contribution in [3.8, 4) is 0 Å². The maximum Gasteiger partial charge on any atom is 0.417 e. The summed E-state index contributed by atoms with van der Waals surface area (Å²) in [6, 6.07) is 6.91. The summed E-state index contributed by atoms with van der Waals surface area (Å²) in [5.74, 6) is -1.00. The molecule has 2 aromatic heterocycles. The van der Waals surface area contributed by atoms with Gasteiger partial charge >= 0.3 is 6.18 Å². The van der Waals surface area contributed by atoms with Crippen LogP contribution >= 0.6 is 0 Å². The number of imidazole rings is 1. The Kier molecular flexibility index (Phi) is 7.70. The van der Waals surface area contributed by atoms with Crippen LogP contribution in [0.1, 0.15) is 82.8 Å². The van der Waals surface area contributed by atoms with E-state index in [0.717, 1.165) is 6.26 Å². The van der Waals surface area contributed by atoms with Crippen LogP contribution in [-0.2, 0) is 34.5 Å². The Bertz CT molecular complexity index is 1570. The SMILES string of the molecule is Cc1c(C(=O)NCc2ccc(S(C)(=O)=O)cn2)nc(C(C)(C)C)n1Cc1cccc(C(=O)C2CC2)c1C(F)(F)F. The number of ketones is 1. The van der Waals surface area contributed by atoms with Gasteiger partial charge in [0.05, 0.1) is 22.7 Å². The number of carbonyl (C=O) groups is 2. The maximum atomic E-state index is 14.3. The Hall–Kier alpha value is -3.54. The number of aromatic nitrogens is 3. The lowest BCUT2D eigenvalue weighted by atomic mass is 9.94. The average Bonchev–Trinajstić information content (AvgIpc) is 3.65. The first-order valence-corrected chi connectivity index (χ1v) is 14.6. The molecular formula is C28H31F3N4O4S. The predicted molar refractivity (Wildman–Crippen MR) is 142 cm³/mol. The van der Waals surface area contributed by atoms with Gasteiger partial charge in [-0.1, -0.05) is 39.0 Å². The van der Waals surface area contributed by atoms with E-state index in [4.69, 9.17) is 0 Å². The average molecular weight is 577 g/mol. The molecule has 3 aromatic rings. The predicted octanol–water partition coefficient (Wildman–Crippen LogP) is 4.88. The Morgan fingerprint density at radius 1 is 1.10 bits per heavy atom. The number of carbonyl (C=O) groups excluding carboxylic acids is 2. The maximum absolute atomic E-state index is 14.3. The van der Waals surface area contributed by atoms with E-state index in [0.29, 0.717) is 30.1 Å². The minimum Gasteiger partial charge on any atom is -0.345 e. The lowest BCUT2D eigenvalue weighted by Gasteiger charge is -2.23. The number of sulfone groups is 1. The highest BCUT2D eigenvalue weighted by Gasteiger charge is 2.41. The molecular weight excluding hydrogens is 545 g/mol. The molecule has 1 fully saturated rings. The molecule has 0 atom stereocenters. The van der Waals surface area contributed by atoms with Crippen molar-refractivity contribution in [2.45, 2.75) is 70.1 Å². The van der Waals surface area contributed by atoms with Gasteiger partial charge in [-0.05, 0) is 37.5 Å². The molecule has 12 heteroatoms. The topological polar surface area (TPSA) is 111 Å². The summed E-state index contributed by atoms with van der Waals surface area (Å²) >= 11 is 0. The Labute approximate surface area is 231 Å². The van der Waals surface area contributed by atoms with E-state index < -0.39 is 38.7 Å². The van der Waals surface area contributed by atoms with Crippen LogP contribution in [0.25, 0.3) is 0 Å². The zero-order valence-electron chi connectivity index (χ0n) is 22.9. The number of pyridine rings is 1. The first kappa shape index (κ1) is 29.4. The smallest absolute Gasteiger partial charge is 0.345 e. The molecule has 1 N–H and O–H groups in total. The minimum atomic E-state index is -4.74. The highest BCUT2D eigenvalue weighted by molar-refractivity contribution is 7.90. The Balaban J connectivity index is 1.67. The molecule has 0 radical (unpaired) electrons. The van der Waals surface area contributed by atoms with Crippen molar-refractivity contribution in [2.24, 2.45) is 5.92 Å². The zero-order chi connectivity index (χ0) is 29.6. The summed E-state index contributed by atoms with van der Waals surface area (Å²) in [5.41, 5.74) is -1.13. The molecule has 0 saturated heterocycles. The molecule has 214 valence electrons. The number of nitrogens with one attached hydrogen (secondary N) is 1. The first-order chi connectivity index (χ1) is 18.5. The number of halogens is 3. The summed E-state index contributed by atoms with van der Waals surface area (Å²) in [7, 11) is -3.41. The number of Topliss-reactive ketones (excluding diaryl/α,β-unsaturated/α-hetero) is 1. The van der Waals surface area contributed by atoms with Crippen LogP contribution in [0.2, 0.25) is 0 Å². The normalized spacial score (nSPS) is 14.3. The summed E-state index contributed by atoms with van der Waals surface area (Å²) < 4.78 is 67.8. The van der Waals surface area contributed by atoms with Crippen LogP contribution < -0.4 is 5.32 Å². The van der Waals surface area contributed by atoms with Crippen molar-refractivity contribution in [3.63, 3.8) is 0 Å². The van der Waals surface area contributed by atoms with Gasteiger partial charge < -0.3 is 9.88 Å². The number of rotatable bonds is 8. The molecule has 1 aliphatic carbocycles. The molecule has 40 heavy (non-hydrogen) atoms. The third-order valence-electron chi connectivity index (χ3n) is 6.74. The van der Waals surface area contributed by atoms with Gasteiger partial charge in [-0.3, -0.25) is 14.6 Å². The van der Waals surface area contributed by atoms with Crippen molar-refractivity contribution < 1.29 is 31.2 Å². The number of benzene rings is 1. The van der Waals surface area contributed by atoms with E-state index in [1.165, 1.54) is 36.5 Å². The van der Waals surface area contributed by atoms with Crippen LogP contribution in [-0.4, -0.2) is 40.9 Å². The third kappa shape index (κ3) is 6.27. The second-order valence-electron chi connectivity index (χ2n) is 11.1. The summed E-state index contributed by atoms with van der Waals surface area (Å²) in [6.45, 7) is 6.91. The van der Waals surface area contributed by atoms with E-state index in [-0.39, 0.29) is 40.7 Å². The highest BCUT2D eigenvalue weighted by Crippen LogP contribution is 2.40. The Morgan fingerprint density at radius 3 is 2.30 bits per heavy atom. The fraction of sp³-hybridized carbons (Fsp3) is 0.429. The van der Waals surface area contributed by atoms with E-state index in [9.17, 15) is 31.2 Å². The van der Waals surface area contributed by atoms with Gasteiger partial charge in [0.2, 0.25) is 0 Å². The van der Waals surface area contributed by atoms with Crippen LogP contribution in [0.15, 0.2) is 41.4 Å². The van der Waals surface area contributed by atoms with Gasteiger partial charge in [0.25, 0.3) is 5.91 Å². The largest absolute Gasteiger partial charge is 0.417 e. The van der Waals surface area contributed by atoms with E-state index in [1.807, 2.05) is 20.8 Å². The molecule has 0 unspecified atom stereocenters. The molecule has 1 aromatic carbocycles. The molecule has 1 saturated carbocycles. The summed E-state index contributed by atoms with van der Waals surface area (Å²) in [4.78, 5) is 34.5. The third-order valence-corrected chi connectivity index (χ3v) is 7.84. The fourth-order valence-corrected chi connectivity index (χ4v) is 5.07. The van der Waals surface area contributed by atoms with Gasteiger partial charge in [-0.25, -0.2) is 13.4 Å². The number of nitrogens with zero attached hydrogens (tertiary/aromatic N) is 3. The molecule has 1 aliphatic rings. The quantitative estimate of drug-likeness (QED) is 0.383. The van der Waals surface area contributed by atoms with Crippen LogP contribution in [0, 0.1) is 12.8 Å². The molecule has 1 amide bonds. The van der Waals surface area contributed by atoms with E-state index >= 15 is 0 Å². The number of hydrogen-bond donors (Lipinski definition) is 1. The van der Waals surface area contributed by atoms with Crippen molar-refractivity contribution >= 4 is 21.5 Å². The number of alkyl halides is 3. The monoisotopic (exact) mass is 576 g/mol. The van der Waals surface area contributed by atoms with Crippen molar-refractivity contribution in [2.75, 3.05) is 6.26 Å². The highest BCUT2D eigenvalue weighted by atomic mass is 32.2. The van der Waals surface area contributed by atoms with E-state index in [1.54, 1.807) is 11.5 Å². The van der Waals surface area contributed by atoms with Crippen molar-refractivity contribution in [1.29, 1.82) is 0 Å². The Morgan fingerprint density at radius 2 is 1.77 bits per heavy atom. The number of hydrogen-bond acceptors (Lipinski definition) is 6. The molecule has 4 rings (SSSR count). The molecule has 2 heterocycles. The van der Waals surface area contributed by atoms with Gasteiger partial charge in [0, 0.05) is 41.6 Å². The van der Waals surface area contributed by atoms with Crippen LogP contribution in [0.5, 0.6) is 0 Å². The van der Waals surface area contributed by atoms with Crippen LogP contribution in [0.3, 0.4) is 0 Å². The standard InChI is InChI=1S/C28H31F3N4O4S/c1-16-23(25(37)33-13-19-11-12-20(14-32-19)40(5,38)39)34-26(27(2,3)4)35(16)15-18-7-6-8-21(22(18)28(29,30)31)24(36)17-9-10-17/h6-8,11-12,14,17H,9-10,13,15H2,1-5H3,(H,33,37). The number of amides is 1. The van der Waals surface area contributed by atoms with Gasteiger partial charge in [-0.15, -0.1) is 0 Å². The fourth-order valence-electron chi connectivity index (χ4n) is 4.51. The lowest BCUT2D eigenvalue weighted by molar-refractivity contribution is -0.138. The second-order valence-corrected chi connectivity index (χ2v) is 13.1. The molecule has 8 nitrogen and oxygen atoms in total. The first-order valence-electron chi connectivity index (χ1n) is 12.7. The van der Waals surface area contributed by atoms with Gasteiger partial charge in [-0.2, -0.15) is 13.2 Å². The molecule has 0 aliphatic heterocycles. The second kappa shape index (κ2) is 10.5. The molecule has 0 spiro atoms. The summed E-state index contributed by atoms with van der Waals surface area (Å²) in [5, 5.41) is 2.70. The van der Waals surface area contributed by atoms with Crippen molar-refractivity contribution in [3.05, 3.63) is 76.1 Å². The van der Waals surface area contributed by atoms with Crippen molar-refractivity contribution in [1.82, 2.24) is 19.9 Å². The van der Waals surface area contributed by atoms with E-state index in [2.05, 4.69) is 15.3 Å². The van der Waals surface area contributed by atoms with Gasteiger partial charge in [0.1, 0.15) is 11.5 Å². The zero-order valence-corrected chi connectivity index (χ0v) is 23.7.